The second-order valence-corrected chi connectivity index (χ2v) is 15.3. The Morgan fingerprint density at radius 1 is 0.373 bits per heavy atom. The molecule has 12 rings (SSSR count). The summed E-state index contributed by atoms with van der Waals surface area (Å²) in [5.41, 5.74) is 13.1. The molecular weight excluding hydrogens is 717 g/mol. The van der Waals surface area contributed by atoms with E-state index in [1.54, 1.807) is 0 Å². The van der Waals surface area contributed by atoms with Gasteiger partial charge in [0.25, 0.3) is 0 Å². The van der Waals surface area contributed by atoms with Crippen molar-refractivity contribution in [2.75, 3.05) is 4.90 Å². The van der Waals surface area contributed by atoms with Crippen LogP contribution in [0.3, 0.4) is 0 Å². The van der Waals surface area contributed by atoms with E-state index in [1.165, 1.54) is 65.6 Å². The molecule has 12 aromatic rings. The zero-order chi connectivity index (χ0) is 38.9. The first-order valence-electron chi connectivity index (χ1n) is 20.2. The van der Waals surface area contributed by atoms with Gasteiger partial charge in [-0.3, -0.25) is 0 Å². The van der Waals surface area contributed by atoms with Crippen molar-refractivity contribution in [1.29, 1.82) is 0 Å². The summed E-state index contributed by atoms with van der Waals surface area (Å²) in [4.78, 5) is 2.34. The summed E-state index contributed by atoms with van der Waals surface area (Å²) in [6.07, 6.45) is 0. The van der Waals surface area contributed by atoms with Gasteiger partial charge in [0.2, 0.25) is 0 Å². The molecule has 10 aromatic carbocycles. The SMILES string of the molecule is c1ccc(-c2ccc(N(c3ccc4ccccc4c3)c3cccc4c3oc3ccc5cccc(-c6cccc7c6c6ccccc6n7-c6ccccc6)c5c34)cc2)cc1. The molecule has 59 heavy (non-hydrogen) atoms. The second-order valence-electron chi connectivity index (χ2n) is 15.3. The van der Waals surface area contributed by atoms with Gasteiger partial charge in [-0.25, -0.2) is 0 Å². The van der Waals surface area contributed by atoms with Crippen LogP contribution in [0.25, 0.3) is 93.2 Å². The molecule has 0 aliphatic carbocycles. The Kier molecular flexibility index (Phi) is 7.54. The van der Waals surface area contributed by atoms with Crippen LogP contribution in [-0.4, -0.2) is 4.57 Å². The van der Waals surface area contributed by atoms with Gasteiger partial charge in [0.1, 0.15) is 5.58 Å². The van der Waals surface area contributed by atoms with Gasteiger partial charge in [-0.15, -0.1) is 0 Å². The maximum Gasteiger partial charge on any atom is 0.159 e. The average Bonchev–Trinajstić information content (AvgIpc) is 3.87. The van der Waals surface area contributed by atoms with E-state index in [4.69, 9.17) is 4.42 Å². The molecule has 0 saturated carbocycles. The van der Waals surface area contributed by atoms with E-state index in [2.05, 4.69) is 228 Å². The summed E-state index contributed by atoms with van der Waals surface area (Å²) >= 11 is 0. The van der Waals surface area contributed by atoms with Crippen LogP contribution in [0, 0.1) is 0 Å². The van der Waals surface area contributed by atoms with Crippen molar-refractivity contribution < 1.29 is 4.42 Å². The summed E-state index contributed by atoms with van der Waals surface area (Å²) in [7, 11) is 0. The summed E-state index contributed by atoms with van der Waals surface area (Å²) in [5.74, 6) is 0. The molecule has 0 radical (unpaired) electrons. The Bertz CT molecular complexity index is 3540. The molecule has 2 heterocycles. The average molecular weight is 753 g/mol. The molecule has 276 valence electrons. The molecule has 0 fully saturated rings. The second kappa shape index (κ2) is 13.4. The Hall–Kier alpha value is -7.88. The largest absolute Gasteiger partial charge is 0.454 e. The number of nitrogens with zero attached hydrogens (tertiary/aromatic N) is 2. The Morgan fingerprint density at radius 2 is 0.983 bits per heavy atom. The van der Waals surface area contributed by atoms with Crippen LogP contribution in [0.2, 0.25) is 0 Å². The Balaban J connectivity index is 1.11. The van der Waals surface area contributed by atoms with Crippen molar-refractivity contribution in [2.45, 2.75) is 0 Å². The van der Waals surface area contributed by atoms with Gasteiger partial charge in [-0.1, -0.05) is 158 Å². The molecule has 0 bridgehead atoms. The third-order valence-corrected chi connectivity index (χ3v) is 11.9. The number of hydrogen-bond donors (Lipinski definition) is 0. The normalized spacial score (nSPS) is 11.7. The van der Waals surface area contributed by atoms with Gasteiger partial charge in [-0.05, 0) is 99.1 Å². The van der Waals surface area contributed by atoms with Crippen LogP contribution in [0.4, 0.5) is 17.1 Å². The lowest BCUT2D eigenvalue weighted by molar-refractivity contribution is 0.669. The maximum absolute atomic E-state index is 7.06. The number of para-hydroxylation sites is 3. The van der Waals surface area contributed by atoms with E-state index in [0.717, 1.165) is 44.7 Å². The molecule has 3 nitrogen and oxygen atoms in total. The molecule has 0 spiro atoms. The highest BCUT2D eigenvalue weighted by atomic mass is 16.3. The van der Waals surface area contributed by atoms with Crippen molar-refractivity contribution in [3.8, 4) is 27.9 Å². The molecule has 0 amide bonds. The van der Waals surface area contributed by atoms with E-state index in [-0.39, 0.29) is 0 Å². The standard InChI is InChI=1S/C56H36N2O/c1-3-14-37(15-4-1)39-28-32-43(33-29-39)57(44-34-30-38-16-7-8-17-41(38)36-44)51-27-13-24-48-55-52(59-56(48)51)35-31-40-18-11-22-45(53(40)55)46-23-12-26-50-54(46)47-21-9-10-25-49(47)58(50)42-19-5-2-6-20-42/h1-36H. The number of benzene rings is 10. The summed E-state index contributed by atoms with van der Waals surface area (Å²) < 4.78 is 9.45. The summed E-state index contributed by atoms with van der Waals surface area (Å²) in [6.45, 7) is 0. The number of rotatable bonds is 6. The van der Waals surface area contributed by atoms with Crippen molar-refractivity contribution in [3.05, 3.63) is 218 Å². The zero-order valence-electron chi connectivity index (χ0n) is 32.1. The minimum atomic E-state index is 0.851. The van der Waals surface area contributed by atoms with Gasteiger partial charge in [-0.2, -0.15) is 0 Å². The van der Waals surface area contributed by atoms with Crippen molar-refractivity contribution in [1.82, 2.24) is 4.57 Å². The van der Waals surface area contributed by atoms with Crippen molar-refractivity contribution in [2.24, 2.45) is 0 Å². The van der Waals surface area contributed by atoms with Crippen LogP contribution in [0.5, 0.6) is 0 Å². The van der Waals surface area contributed by atoms with E-state index >= 15 is 0 Å². The first-order chi connectivity index (χ1) is 29.3. The fourth-order valence-corrected chi connectivity index (χ4v) is 9.33. The van der Waals surface area contributed by atoms with Gasteiger partial charge in [0.15, 0.2) is 5.58 Å². The first kappa shape index (κ1) is 33.3. The molecule has 0 N–H and O–H groups in total. The molecular formula is C56H36N2O. The predicted molar refractivity (Wildman–Crippen MR) is 249 cm³/mol. The molecule has 0 saturated heterocycles. The first-order valence-corrected chi connectivity index (χ1v) is 20.2. The zero-order valence-corrected chi connectivity index (χ0v) is 32.1. The minimum absolute atomic E-state index is 0.851. The topological polar surface area (TPSA) is 21.3 Å². The minimum Gasteiger partial charge on any atom is -0.454 e. The number of anilines is 3. The van der Waals surface area contributed by atoms with Crippen LogP contribution in [-0.2, 0) is 0 Å². The molecule has 0 atom stereocenters. The monoisotopic (exact) mass is 752 g/mol. The lowest BCUT2D eigenvalue weighted by Crippen LogP contribution is -2.10. The van der Waals surface area contributed by atoms with E-state index in [0.29, 0.717) is 0 Å². The number of hydrogen-bond acceptors (Lipinski definition) is 2. The van der Waals surface area contributed by atoms with Gasteiger partial charge < -0.3 is 13.9 Å². The van der Waals surface area contributed by atoms with Crippen LogP contribution >= 0.6 is 0 Å². The third kappa shape index (κ3) is 5.29. The maximum atomic E-state index is 7.06. The highest BCUT2D eigenvalue weighted by Crippen LogP contribution is 2.47. The number of fused-ring (bicyclic) bond motifs is 9. The predicted octanol–water partition coefficient (Wildman–Crippen LogP) is 15.8. The molecule has 2 aromatic heterocycles. The Labute approximate surface area is 341 Å². The molecule has 0 unspecified atom stereocenters. The fourth-order valence-electron chi connectivity index (χ4n) is 9.33. The van der Waals surface area contributed by atoms with Gasteiger partial charge in [0.05, 0.1) is 16.7 Å². The van der Waals surface area contributed by atoms with Crippen LogP contribution in [0.15, 0.2) is 223 Å². The number of aromatic nitrogens is 1. The number of furan rings is 1. The lowest BCUT2D eigenvalue weighted by Gasteiger charge is -2.26. The highest BCUT2D eigenvalue weighted by molar-refractivity contribution is 6.27. The van der Waals surface area contributed by atoms with Crippen LogP contribution in [0.1, 0.15) is 0 Å². The smallest absolute Gasteiger partial charge is 0.159 e. The van der Waals surface area contributed by atoms with Crippen LogP contribution < -0.4 is 4.90 Å². The Morgan fingerprint density at radius 3 is 1.83 bits per heavy atom. The molecule has 0 aliphatic heterocycles. The summed E-state index contributed by atoms with van der Waals surface area (Å²) in [5, 5.41) is 9.44. The molecule has 3 heteroatoms. The summed E-state index contributed by atoms with van der Waals surface area (Å²) in [6, 6.07) is 78.5. The van der Waals surface area contributed by atoms with Gasteiger partial charge >= 0.3 is 0 Å². The highest BCUT2D eigenvalue weighted by Gasteiger charge is 2.23. The van der Waals surface area contributed by atoms with Gasteiger partial charge in [0, 0.05) is 44.0 Å². The fraction of sp³-hybridized carbons (Fsp3) is 0. The van der Waals surface area contributed by atoms with E-state index in [9.17, 15) is 0 Å². The van der Waals surface area contributed by atoms with Crippen molar-refractivity contribution >= 4 is 82.4 Å². The van der Waals surface area contributed by atoms with E-state index in [1.807, 2.05) is 0 Å². The molecule has 0 aliphatic rings. The quantitative estimate of drug-likeness (QED) is 0.169. The lowest BCUT2D eigenvalue weighted by atomic mass is 9.92. The third-order valence-electron chi connectivity index (χ3n) is 11.9. The van der Waals surface area contributed by atoms with E-state index < -0.39 is 0 Å². The van der Waals surface area contributed by atoms with Crippen molar-refractivity contribution in [3.63, 3.8) is 0 Å².